The Balaban J connectivity index is 1.38. The summed E-state index contributed by atoms with van der Waals surface area (Å²) >= 11 is 6.60. The maximum absolute atomic E-state index is 13.0. The molecule has 9 heteroatoms. The Hall–Kier alpha value is -4.30. The highest BCUT2D eigenvalue weighted by atomic mass is 35.5. The second-order valence-electron chi connectivity index (χ2n) is 8.82. The number of carbonyl (C=O) groups is 1. The predicted molar refractivity (Wildman–Crippen MR) is 145 cm³/mol. The molecule has 1 unspecified atom stereocenters. The van der Waals surface area contributed by atoms with Crippen LogP contribution < -0.4 is 15.8 Å². The molecular formula is C28H27ClN6O2. The predicted octanol–water partition coefficient (Wildman–Crippen LogP) is 5.23. The minimum atomic E-state index is -0.391. The van der Waals surface area contributed by atoms with Crippen LogP contribution in [0.15, 0.2) is 72.8 Å². The Morgan fingerprint density at radius 3 is 2.70 bits per heavy atom. The summed E-state index contributed by atoms with van der Waals surface area (Å²) in [5.41, 5.74) is 10.2. The lowest BCUT2D eigenvalue weighted by Gasteiger charge is -2.17. The van der Waals surface area contributed by atoms with Gasteiger partial charge < -0.3 is 20.8 Å². The van der Waals surface area contributed by atoms with Crippen LogP contribution >= 0.6 is 11.6 Å². The van der Waals surface area contributed by atoms with Crippen LogP contribution in [0.5, 0.6) is 5.75 Å². The smallest absolute Gasteiger partial charge is 0.220 e. The molecule has 1 atom stereocenters. The number of carbonyl (C=O) groups excluding carboxylic acids is 1. The van der Waals surface area contributed by atoms with Crippen LogP contribution in [0.3, 0.4) is 0 Å². The van der Waals surface area contributed by atoms with Crippen molar-refractivity contribution in [2.45, 2.75) is 25.3 Å². The second-order valence-corrected chi connectivity index (χ2v) is 9.19. The molecule has 3 aromatic carbocycles. The van der Waals surface area contributed by atoms with Crippen molar-refractivity contribution in [3.8, 4) is 17.0 Å². The third-order valence-electron chi connectivity index (χ3n) is 6.27. The van der Waals surface area contributed by atoms with Gasteiger partial charge in [0.25, 0.3) is 0 Å². The normalized spacial score (nSPS) is 11.9. The fourth-order valence-corrected chi connectivity index (χ4v) is 4.58. The lowest BCUT2D eigenvalue weighted by molar-refractivity contribution is -0.121. The van der Waals surface area contributed by atoms with E-state index >= 15 is 0 Å². The van der Waals surface area contributed by atoms with Crippen LogP contribution in [0.1, 0.15) is 29.4 Å². The van der Waals surface area contributed by atoms with Crippen LogP contribution in [0, 0.1) is 0 Å². The molecule has 0 saturated heterocycles. The summed E-state index contributed by atoms with van der Waals surface area (Å²) in [4.78, 5) is 21.0. The molecule has 8 nitrogen and oxygen atoms in total. The molecule has 2 aromatic heterocycles. The third-order valence-corrected chi connectivity index (χ3v) is 6.54. The lowest BCUT2D eigenvalue weighted by Crippen LogP contribution is -2.31. The van der Waals surface area contributed by atoms with Gasteiger partial charge >= 0.3 is 0 Å². The molecule has 5 aromatic rings. The van der Waals surface area contributed by atoms with Gasteiger partial charge in [0.1, 0.15) is 22.4 Å². The molecule has 2 heterocycles. The molecule has 5 N–H and O–H groups in total. The number of nitrogens with one attached hydrogen (secondary N) is 3. The number of aromatic nitrogens is 4. The Labute approximate surface area is 219 Å². The first-order valence-corrected chi connectivity index (χ1v) is 12.3. The SMILES string of the molecule is COc1cccc(CCC(=O)NC(Cc2ccccc2)c2nc(-c3ccc4c(N)n[nH]c4c3)c(Cl)[nH]2)c1. The van der Waals surface area contributed by atoms with E-state index in [1.807, 2.05) is 72.8 Å². The molecule has 0 fully saturated rings. The quantitative estimate of drug-likeness (QED) is 0.214. The van der Waals surface area contributed by atoms with Gasteiger partial charge in [0.05, 0.1) is 18.7 Å². The number of rotatable bonds is 9. The molecule has 5 rings (SSSR count). The van der Waals surface area contributed by atoms with E-state index in [-0.39, 0.29) is 5.91 Å². The zero-order chi connectivity index (χ0) is 25.8. The molecule has 0 saturated carbocycles. The van der Waals surface area contributed by atoms with E-state index in [0.717, 1.165) is 33.3 Å². The highest BCUT2D eigenvalue weighted by Gasteiger charge is 2.22. The number of imidazole rings is 1. The van der Waals surface area contributed by atoms with E-state index in [1.165, 1.54) is 0 Å². The molecule has 1 amide bonds. The number of nitrogens with two attached hydrogens (primary N) is 1. The van der Waals surface area contributed by atoms with Gasteiger partial charge in [0.15, 0.2) is 5.82 Å². The van der Waals surface area contributed by atoms with Crippen molar-refractivity contribution in [2.75, 3.05) is 12.8 Å². The van der Waals surface area contributed by atoms with Crippen LogP contribution in [0.2, 0.25) is 5.15 Å². The number of benzene rings is 3. The highest BCUT2D eigenvalue weighted by Crippen LogP contribution is 2.31. The second kappa shape index (κ2) is 10.8. The first kappa shape index (κ1) is 24.4. The topological polar surface area (TPSA) is 122 Å². The summed E-state index contributed by atoms with van der Waals surface area (Å²) in [6.45, 7) is 0. The van der Waals surface area contributed by atoms with Crippen molar-refractivity contribution in [1.82, 2.24) is 25.5 Å². The van der Waals surface area contributed by atoms with E-state index in [2.05, 4.69) is 20.5 Å². The number of ether oxygens (including phenoxy) is 1. The summed E-state index contributed by atoms with van der Waals surface area (Å²) in [7, 11) is 1.63. The van der Waals surface area contributed by atoms with Gasteiger partial charge in [0.2, 0.25) is 5.91 Å². The number of hydrogen-bond acceptors (Lipinski definition) is 5. The molecular weight excluding hydrogens is 488 g/mol. The summed E-state index contributed by atoms with van der Waals surface area (Å²) < 4.78 is 5.29. The monoisotopic (exact) mass is 514 g/mol. The summed E-state index contributed by atoms with van der Waals surface area (Å²) in [5.74, 6) is 1.72. The minimum absolute atomic E-state index is 0.0767. The largest absolute Gasteiger partial charge is 0.497 e. The van der Waals surface area contributed by atoms with Gasteiger partial charge in [-0.3, -0.25) is 9.89 Å². The van der Waals surface area contributed by atoms with Crippen LogP contribution in [-0.2, 0) is 17.6 Å². The van der Waals surface area contributed by atoms with E-state index in [4.69, 9.17) is 27.1 Å². The van der Waals surface area contributed by atoms with E-state index in [9.17, 15) is 4.79 Å². The van der Waals surface area contributed by atoms with Crippen molar-refractivity contribution in [3.05, 3.63) is 94.9 Å². The number of halogens is 1. The Morgan fingerprint density at radius 2 is 1.89 bits per heavy atom. The van der Waals surface area contributed by atoms with Crippen molar-refractivity contribution >= 4 is 34.2 Å². The molecule has 37 heavy (non-hydrogen) atoms. The fraction of sp³-hybridized carbons (Fsp3) is 0.179. The van der Waals surface area contributed by atoms with E-state index in [1.54, 1.807) is 7.11 Å². The van der Waals surface area contributed by atoms with E-state index < -0.39 is 6.04 Å². The first-order valence-electron chi connectivity index (χ1n) is 12.0. The zero-order valence-corrected chi connectivity index (χ0v) is 21.0. The van der Waals surface area contributed by atoms with E-state index in [0.29, 0.717) is 41.8 Å². The van der Waals surface area contributed by atoms with Crippen molar-refractivity contribution in [3.63, 3.8) is 0 Å². The van der Waals surface area contributed by atoms with Crippen molar-refractivity contribution in [1.29, 1.82) is 0 Å². The molecule has 188 valence electrons. The Morgan fingerprint density at radius 1 is 1.08 bits per heavy atom. The number of amides is 1. The zero-order valence-electron chi connectivity index (χ0n) is 20.3. The molecule has 0 aliphatic rings. The van der Waals surface area contributed by atoms with Gasteiger partial charge in [-0.2, -0.15) is 5.10 Å². The van der Waals surface area contributed by atoms with Crippen molar-refractivity contribution < 1.29 is 9.53 Å². The molecule has 0 bridgehead atoms. The number of methoxy groups -OCH3 is 1. The van der Waals surface area contributed by atoms with Gasteiger partial charge in [-0.05, 0) is 48.2 Å². The number of nitrogens with zero attached hydrogens (tertiary/aromatic N) is 2. The number of H-pyrrole nitrogens is 2. The van der Waals surface area contributed by atoms with Gasteiger partial charge in [-0.15, -0.1) is 0 Å². The Bertz CT molecular complexity index is 1530. The Kier molecular flexibility index (Phi) is 7.09. The third kappa shape index (κ3) is 5.59. The maximum atomic E-state index is 13.0. The number of aryl methyl sites for hydroxylation is 1. The number of anilines is 1. The van der Waals surface area contributed by atoms with Gasteiger partial charge in [-0.1, -0.05) is 60.1 Å². The summed E-state index contributed by atoms with van der Waals surface area (Å²) in [6, 6.07) is 23.0. The van der Waals surface area contributed by atoms with Crippen LogP contribution in [0.25, 0.3) is 22.2 Å². The number of hydrogen-bond donors (Lipinski definition) is 4. The number of nitrogen functional groups attached to an aromatic ring is 1. The number of fused-ring (bicyclic) bond motifs is 1. The average Bonchev–Trinajstić information content (AvgIpc) is 3.50. The molecule has 0 spiro atoms. The minimum Gasteiger partial charge on any atom is -0.497 e. The van der Waals surface area contributed by atoms with Gasteiger partial charge in [-0.25, -0.2) is 4.98 Å². The van der Waals surface area contributed by atoms with Gasteiger partial charge in [0, 0.05) is 17.4 Å². The first-order chi connectivity index (χ1) is 18.0. The summed E-state index contributed by atoms with van der Waals surface area (Å²) in [6.07, 6.45) is 1.49. The molecule has 0 radical (unpaired) electrons. The van der Waals surface area contributed by atoms with Crippen LogP contribution in [0.4, 0.5) is 5.82 Å². The number of aromatic amines is 2. The molecule has 0 aliphatic heterocycles. The standard InChI is InChI=1S/C28H27ClN6O2/c1-37-20-9-5-8-18(14-20)10-13-24(36)31-23(15-17-6-3-2-4-7-17)28-32-25(26(29)33-28)19-11-12-21-22(16-19)34-35-27(21)30/h2-9,11-12,14,16,23H,10,13,15H2,1H3,(H,31,36)(H,32,33)(H3,30,34,35). The average molecular weight is 515 g/mol. The highest BCUT2D eigenvalue weighted by molar-refractivity contribution is 6.32. The molecule has 0 aliphatic carbocycles. The summed E-state index contributed by atoms with van der Waals surface area (Å²) in [5, 5.41) is 11.4. The maximum Gasteiger partial charge on any atom is 0.220 e. The van der Waals surface area contributed by atoms with Crippen molar-refractivity contribution in [2.24, 2.45) is 0 Å². The fourth-order valence-electron chi connectivity index (χ4n) is 4.33. The van der Waals surface area contributed by atoms with Crippen LogP contribution in [-0.4, -0.2) is 33.2 Å². The lowest BCUT2D eigenvalue weighted by atomic mass is 10.0.